The molecule has 0 aliphatic rings. The Kier molecular flexibility index (Phi) is 2.88. The number of halogens is 3. The van der Waals surface area contributed by atoms with E-state index in [1.807, 2.05) is 0 Å². The van der Waals surface area contributed by atoms with Crippen LogP contribution in [0.1, 0.15) is 16.8 Å². The minimum atomic E-state index is -4.43. The average Bonchev–Trinajstić information content (AvgIpc) is 2.07. The van der Waals surface area contributed by atoms with Gasteiger partial charge in [-0.1, -0.05) is 0 Å². The molecule has 0 N–H and O–H groups in total. The maximum absolute atomic E-state index is 12.2. The van der Waals surface area contributed by atoms with E-state index in [1.54, 1.807) is 0 Å². The summed E-state index contributed by atoms with van der Waals surface area (Å²) in [4.78, 5) is 13.4. The largest absolute Gasteiger partial charge is 0.433 e. The Morgan fingerprint density at radius 2 is 2.14 bits per heavy atom. The fourth-order valence-electron chi connectivity index (χ4n) is 1.04. The summed E-state index contributed by atoms with van der Waals surface area (Å²) in [5, 5.41) is 0. The number of pyridine rings is 1. The summed E-state index contributed by atoms with van der Waals surface area (Å²) in [6.45, 7) is 1.52. The molecule has 0 spiro atoms. The SMILES string of the molecule is Cc1cc(C(F)(F)F)ncc1CC=O. The summed E-state index contributed by atoms with van der Waals surface area (Å²) in [5.41, 5.74) is 0.0251. The normalized spacial score (nSPS) is 11.4. The number of carbonyl (C=O) groups is 1. The predicted molar refractivity (Wildman–Crippen MR) is 43.7 cm³/mol. The lowest BCUT2D eigenvalue weighted by atomic mass is 10.1. The molecule has 0 bridgehead atoms. The second-order valence-electron chi connectivity index (χ2n) is 2.86. The molecular weight excluding hydrogens is 195 g/mol. The van der Waals surface area contributed by atoms with Crippen molar-refractivity contribution in [1.29, 1.82) is 0 Å². The van der Waals surface area contributed by atoms with Gasteiger partial charge in [-0.2, -0.15) is 13.2 Å². The number of carbonyl (C=O) groups excluding carboxylic acids is 1. The molecule has 1 rings (SSSR count). The standard InChI is InChI=1S/C9H8F3NO/c1-6-4-8(9(10,11)12)13-5-7(6)2-3-14/h3-5H,2H2,1H3. The van der Waals surface area contributed by atoms with Gasteiger partial charge >= 0.3 is 6.18 Å². The first-order valence-electron chi connectivity index (χ1n) is 3.91. The molecule has 0 radical (unpaired) electrons. The van der Waals surface area contributed by atoms with Crippen molar-refractivity contribution in [3.63, 3.8) is 0 Å². The van der Waals surface area contributed by atoms with Crippen molar-refractivity contribution >= 4 is 6.29 Å². The van der Waals surface area contributed by atoms with Gasteiger partial charge in [-0.25, -0.2) is 0 Å². The maximum Gasteiger partial charge on any atom is 0.433 e. The van der Waals surface area contributed by atoms with Gasteiger partial charge < -0.3 is 4.79 Å². The summed E-state index contributed by atoms with van der Waals surface area (Å²) >= 11 is 0. The van der Waals surface area contributed by atoms with Crippen LogP contribution in [-0.4, -0.2) is 11.3 Å². The Hall–Kier alpha value is -1.39. The summed E-state index contributed by atoms with van der Waals surface area (Å²) in [7, 11) is 0. The summed E-state index contributed by atoms with van der Waals surface area (Å²) in [5.74, 6) is 0. The molecule has 14 heavy (non-hydrogen) atoms. The average molecular weight is 203 g/mol. The van der Waals surface area contributed by atoms with Crippen LogP contribution >= 0.6 is 0 Å². The van der Waals surface area contributed by atoms with Gasteiger partial charge in [0.1, 0.15) is 12.0 Å². The van der Waals surface area contributed by atoms with Crippen LogP contribution in [0.4, 0.5) is 13.2 Å². The van der Waals surface area contributed by atoms with Crippen molar-refractivity contribution in [2.24, 2.45) is 0 Å². The van der Waals surface area contributed by atoms with Crippen LogP contribution in [0.25, 0.3) is 0 Å². The maximum atomic E-state index is 12.2. The highest BCUT2D eigenvalue weighted by molar-refractivity contribution is 5.55. The molecule has 0 fully saturated rings. The summed E-state index contributed by atoms with van der Waals surface area (Å²) < 4.78 is 36.5. The molecule has 5 heteroatoms. The van der Waals surface area contributed by atoms with E-state index in [0.717, 1.165) is 12.3 Å². The summed E-state index contributed by atoms with van der Waals surface area (Å²) in [6, 6.07) is 0.943. The van der Waals surface area contributed by atoms with Crippen molar-refractivity contribution < 1.29 is 18.0 Å². The predicted octanol–water partition coefficient (Wildman–Crippen LogP) is 2.15. The topological polar surface area (TPSA) is 30.0 Å². The number of nitrogens with zero attached hydrogens (tertiary/aromatic N) is 1. The third-order valence-electron chi connectivity index (χ3n) is 1.81. The van der Waals surface area contributed by atoms with Gasteiger partial charge in [-0.15, -0.1) is 0 Å². The number of aryl methyl sites for hydroxylation is 1. The van der Waals surface area contributed by atoms with E-state index >= 15 is 0 Å². The van der Waals surface area contributed by atoms with Crippen LogP contribution < -0.4 is 0 Å². The highest BCUT2D eigenvalue weighted by Gasteiger charge is 2.32. The van der Waals surface area contributed by atoms with E-state index in [4.69, 9.17) is 0 Å². The molecular formula is C9H8F3NO. The fourth-order valence-corrected chi connectivity index (χ4v) is 1.04. The van der Waals surface area contributed by atoms with Gasteiger partial charge in [0.15, 0.2) is 0 Å². The lowest BCUT2D eigenvalue weighted by Crippen LogP contribution is -2.09. The number of hydrogen-bond donors (Lipinski definition) is 0. The van der Waals surface area contributed by atoms with Crippen molar-refractivity contribution in [1.82, 2.24) is 4.98 Å². The number of aldehydes is 1. The zero-order valence-electron chi connectivity index (χ0n) is 7.43. The lowest BCUT2D eigenvalue weighted by molar-refractivity contribution is -0.141. The fraction of sp³-hybridized carbons (Fsp3) is 0.333. The molecule has 0 aliphatic heterocycles. The van der Waals surface area contributed by atoms with Crippen molar-refractivity contribution in [3.05, 3.63) is 29.1 Å². The van der Waals surface area contributed by atoms with Crippen LogP contribution in [0.2, 0.25) is 0 Å². The van der Waals surface area contributed by atoms with E-state index in [9.17, 15) is 18.0 Å². The summed E-state index contributed by atoms with van der Waals surface area (Å²) in [6.07, 6.45) is -2.61. The van der Waals surface area contributed by atoms with Gasteiger partial charge in [-0.05, 0) is 24.1 Å². The molecule has 2 nitrogen and oxygen atoms in total. The van der Waals surface area contributed by atoms with Gasteiger partial charge in [0, 0.05) is 12.6 Å². The van der Waals surface area contributed by atoms with Crippen molar-refractivity contribution in [3.8, 4) is 0 Å². The van der Waals surface area contributed by atoms with E-state index in [-0.39, 0.29) is 6.42 Å². The number of hydrogen-bond acceptors (Lipinski definition) is 2. The van der Waals surface area contributed by atoms with Gasteiger partial charge in [0.25, 0.3) is 0 Å². The third kappa shape index (κ3) is 2.31. The first-order chi connectivity index (χ1) is 6.45. The Balaban J connectivity index is 3.06. The molecule has 0 saturated heterocycles. The van der Waals surface area contributed by atoms with E-state index < -0.39 is 11.9 Å². The van der Waals surface area contributed by atoms with Crippen LogP contribution in [-0.2, 0) is 17.4 Å². The number of alkyl halides is 3. The smallest absolute Gasteiger partial charge is 0.303 e. The minimum absolute atomic E-state index is 0.0942. The second kappa shape index (κ2) is 3.77. The molecule has 0 aromatic carbocycles. The number of aromatic nitrogens is 1. The molecule has 0 saturated carbocycles. The molecule has 1 heterocycles. The minimum Gasteiger partial charge on any atom is -0.303 e. The van der Waals surface area contributed by atoms with E-state index in [0.29, 0.717) is 17.4 Å². The molecule has 76 valence electrons. The molecule has 0 atom stereocenters. The Morgan fingerprint density at radius 1 is 1.50 bits per heavy atom. The molecule has 1 aromatic rings. The van der Waals surface area contributed by atoms with Gasteiger partial charge in [0.05, 0.1) is 0 Å². The lowest BCUT2D eigenvalue weighted by Gasteiger charge is -2.08. The molecule has 1 aromatic heterocycles. The Labute approximate surface area is 78.8 Å². The Morgan fingerprint density at radius 3 is 2.57 bits per heavy atom. The highest BCUT2D eigenvalue weighted by atomic mass is 19.4. The highest BCUT2D eigenvalue weighted by Crippen LogP contribution is 2.28. The van der Waals surface area contributed by atoms with Crippen LogP contribution in [0.5, 0.6) is 0 Å². The third-order valence-corrected chi connectivity index (χ3v) is 1.81. The van der Waals surface area contributed by atoms with Gasteiger partial charge in [-0.3, -0.25) is 4.98 Å². The van der Waals surface area contributed by atoms with Gasteiger partial charge in [0.2, 0.25) is 0 Å². The molecule has 0 amide bonds. The molecule has 0 unspecified atom stereocenters. The second-order valence-corrected chi connectivity index (χ2v) is 2.86. The first-order valence-corrected chi connectivity index (χ1v) is 3.91. The monoisotopic (exact) mass is 203 g/mol. The quantitative estimate of drug-likeness (QED) is 0.689. The van der Waals surface area contributed by atoms with E-state index in [2.05, 4.69) is 4.98 Å². The van der Waals surface area contributed by atoms with Crippen LogP contribution in [0, 0.1) is 6.92 Å². The van der Waals surface area contributed by atoms with Crippen molar-refractivity contribution in [2.45, 2.75) is 19.5 Å². The number of rotatable bonds is 2. The zero-order chi connectivity index (χ0) is 10.8. The van der Waals surface area contributed by atoms with Crippen LogP contribution in [0.3, 0.4) is 0 Å². The Bertz CT molecular complexity index is 346. The molecule has 0 aliphatic carbocycles. The first kappa shape index (κ1) is 10.7. The van der Waals surface area contributed by atoms with Crippen molar-refractivity contribution in [2.75, 3.05) is 0 Å². The van der Waals surface area contributed by atoms with Crippen LogP contribution in [0.15, 0.2) is 12.3 Å². The zero-order valence-corrected chi connectivity index (χ0v) is 7.43. The van der Waals surface area contributed by atoms with E-state index in [1.165, 1.54) is 6.92 Å².